The number of aryl methyl sites for hydroxylation is 2. The van der Waals surface area contributed by atoms with Gasteiger partial charge in [-0.15, -0.1) is 0 Å². The molecule has 0 aromatic heterocycles. The summed E-state index contributed by atoms with van der Waals surface area (Å²) in [4.78, 5) is 15.3. The van der Waals surface area contributed by atoms with E-state index in [1.54, 1.807) is 29.2 Å². The monoisotopic (exact) mass is 393 g/mol. The second-order valence-corrected chi connectivity index (χ2v) is 7.04. The molecule has 0 radical (unpaired) electrons. The topological polar surface area (TPSA) is 40.5 Å². The van der Waals surface area contributed by atoms with Gasteiger partial charge in [-0.1, -0.05) is 74.0 Å². The van der Waals surface area contributed by atoms with Gasteiger partial charge in [0.15, 0.2) is 0 Å². The maximum Gasteiger partial charge on any atom is 0.260 e. The van der Waals surface area contributed by atoms with Crippen LogP contribution < -0.4 is 4.90 Å². The number of anilines is 1. The number of carbonyl (C=O) groups excluding carboxylic acids is 1. The number of nitrogens with zero attached hydrogens (tertiary/aromatic N) is 1. The summed E-state index contributed by atoms with van der Waals surface area (Å²) in [5.41, 5.74) is 4.23. The summed E-state index contributed by atoms with van der Waals surface area (Å²) < 4.78 is 0. The van der Waals surface area contributed by atoms with Gasteiger partial charge in [-0.05, 0) is 42.2 Å². The van der Waals surface area contributed by atoms with Gasteiger partial charge in [0.05, 0.1) is 22.8 Å². The van der Waals surface area contributed by atoms with Crippen LogP contribution in [0.1, 0.15) is 40.9 Å². The molecule has 0 fully saturated rings. The minimum Gasteiger partial charge on any atom is -0.508 e. The van der Waals surface area contributed by atoms with Crippen LogP contribution in [0.25, 0.3) is 0 Å². The fourth-order valence-corrected chi connectivity index (χ4v) is 3.63. The minimum absolute atomic E-state index is 0.173. The number of amides is 1. The Kier molecular flexibility index (Phi) is 6.37. The molecule has 3 aromatic carbocycles. The van der Waals surface area contributed by atoms with Crippen molar-refractivity contribution in [3.63, 3.8) is 0 Å². The molecule has 3 aromatic rings. The van der Waals surface area contributed by atoms with Crippen molar-refractivity contribution in [2.45, 2.75) is 33.2 Å². The lowest BCUT2D eigenvalue weighted by molar-refractivity contribution is 0.0985. The highest BCUT2D eigenvalue weighted by molar-refractivity contribution is 6.34. The van der Waals surface area contributed by atoms with Crippen LogP contribution in [0.15, 0.2) is 66.7 Å². The number of phenolic OH excluding ortho intramolecular Hbond substituents is 1. The van der Waals surface area contributed by atoms with Crippen LogP contribution in [0.4, 0.5) is 5.69 Å². The molecule has 0 aliphatic heterocycles. The number of para-hydroxylation sites is 2. The number of phenols is 1. The van der Waals surface area contributed by atoms with E-state index in [1.165, 1.54) is 0 Å². The largest absolute Gasteiger partial charge is 0.508 e. The number of hydrogen-bond donors (Lipinski definition) is 1. The summed E-state index contributed by atoms with van der Waals surface area (Å²) >= 11 is 6.34. The molecule has 0 atom stereocenters. The molecule has 0 bridgehead atoms. The van der Waals surface area contributed by atoms with Crippen molar-refractivity contribution in [2.24, 2.45) is 0 Å². The zero-order valence-electron chi connectivity index (χ0n) is 16.2. The van der Waals surface area contributed by atoms with Crippen LogP contribution in [0.5, 0.6) is 5.75 Å². The van der Waals surface area contributed by atoms with E-state index >= 15 is 0 Å². The Morgan fingerprint density at radius 3 is 2.04 bits per heavy atom. The maximum absolute atomic E-state index is 13.6. The molecule has 1 amide bonds. The highest BCUT2D eigenvalue weighted by Gasteiger charge is 2.25. The molecular formula is C24H24ClNO2. The lowest BCUT2D eigenvalue weighted by Crippen LogP contribution is -2.32. The second-order valence-electron chi connectivity index (χ2n) is 6.63. The van der Waals surface area contributed by atoms with Gasteiger partial charge < -0.3 is 10.0 Å². The molecule has 3 rings (SSSR count). The van der Waals surface area contributed by atoms with Crippen molar-refractivity contribution in [3.8, 4) is 5.75 Å². The molecule has 1 N–H and O–H groups in total. The van der Waals surface area contributed by atoms with Crippen LogP contribution in [0, 0.1) is 0 Å². The normalized spacial score (nSPS) is 10.7. The third kappa shape index (κ3) is 4.05. The van der Waals surface area contributed by atoms with Gasteiger partial charge in [0.25, 0.3) is 5.91 Å². The van der Waals surface area contributed by atoms with Gasteiger partial charge in [0.1, 0.15) is 5.75 Å². The summed E-state index contributed by atoms with van der Waals surface area (Å²) in [7, 11) is 0. The number of benzene rings is 3. The van der Waals surface area contributed by atoms with E-state index in [4.69, 9.17) is 11.6 Å². The van der Waals surface area contributed by atoms with Crippen molar-refractivity contribution in [2.75, 3.05) is 4.90 Å². The summed E-state index contributed by atoms with van der Waals surface area (Å²) in [5, 5.41) is 10.7. The third-order valence-electron chi connectivity index (χ3n) is 4.90. The molecule has 3 nitrogen and oxygen atoms in total. The lowest BCUT2D eigenvalue weighted by Gasteiger charge is -2.28. The maximum atomic E-state index is 13.6. The zero-order valence-corrected chi connectivity index (χ0v) is 16.9. The molecule has 0 unspecified atom stereocenters. The molecule has 0 heterocycles. The molecule has 144 valence electrons. The van der Waals surface area contributed by atoms with E-state index in [0.717, 1.165) is 29.7 Å². The van der Waals surface area contributed by atoms with Gasteiger partial charge in [-0.2, -0.15) is 0 Å². The smallest absolute Gasteiger partial charge is 0.260 e. The predicted molar refractivity (Wildman–Crippen MR) is 115 cm³/mol. The van der Waals surface area contributed by atoms with Crippen molar-refractivity contribution in [1.82, 2.24) is 0 Å². The molecule has 0 saturated carbocycles. The SMILES string of the molecule is CCc1cccc(CC)c1N(Cc1ccccc1O)C(=O)c1ccccc1Cl. The third-order valence-corrected chi connectivity index (χ3v) is 5.23. The van der Waals surface area contributed by atoms with Crippen molar-refractivity contribution < 1.29 is 9.90 Å². The molecule has 0 saturated heterocycles. The van der Waals surface area contributed by atoms with Gasteiger partial charge in [0.2, 0.25) is 0 Å². The zero-order chi connectivity index (χ0) is 20.1. The molecule has 4 heteroatoms. The molecular weight excluding hydrogens is 370 g/mol. The fraction of sp³-hybridized carbons (Fsp3) is 0.208. The summed E-state index contributed by atoms with van der Waals surface area (Å²) in [5.74, 6) is -0.00376. The molecule has 0 spiro atoms. The summed E-state index contributed by atoms with van der Waals surface area (Å²) in [6.07, 6.45) is 1.60. The van der Waals surface area contributed by atoms with E-state index < -0.39 is 0 Å². The first kappa shape index (κ1) is 20.0. The average Bonchev–Trinajstić information content (AvgIpc) is 2.72. The average molecular weight is 394 g/mol. The highest BCUT2D eigenvalue weighted by atomic mass is 35.5. The fourth-order valence-electron chi connectivity index (χ4n) is 3.41. The van der Waals surface area contributed by atoms with E-state index in [0.29, 0.717) is 16.1 Å². The Morgan fingerprint density at radius 2 is 1.43 bits per heavy atom. The minimum atomic E-state index is -0.176. The Bertz CT molecular complexity index is 962. The van der Waals surface area contributed by atoms with Crippen LogP contribution in [0.3, 0.4) is 0 Å². The van der Waals surface area contributed by atoms with Gasteiger partial charge in [-0.3, -0.25) is 4.79 Å². The second kappa shape index (κ2) is 8.94. The first-order chi connectivity index (χ1) is 13.6. The Balaban J connectivity index is 2.17. The molecule has 0 aliphatic carbocycles. The first-order valence-electron chi connectivity index (χ1n) is 9.50. The van der Waals surface area contributed by atoms with Crippen LogP contribution in [0.2, 0.25) is 5.02 Å². The van der Waals surface area contributed by atoms with E-state index in [-0.39, 0.29) is 18.2 Å². The van der Waals surface area contributed by atoms with Crippen LogP contribution in [-0.4, -0.2) is 11.0 Å². The predicted octanol–water partition coefficient (Wildman–Crippen LogP) is 6.02. The number of halogens is 1. The number of aromatic hydroxyl groups is 1. The van der Waals surface area contributed by atoms with Crippen molar-refractivity contribution >= 4 is 23.2 Å². The number of rotatable bonds is 6. The Labute approximate surface area is 171 Å². The van der Waals surface area contributed by atoms with Gasteiger partial charge in [0, 0.05) is 5.56 Å². The van der Waals surface area contributed by atoms with Gasteiger partial charge >= 0.3 is 0 Å². The first-order valence-corrected chi connectivity index (χ1v) is 9.88. The van der Waals surface area contributed by atoms with Crippen molar-refractivity contribution in [3.05, 3.63) is 94.0 Å². The van der Waals surface area contributed by atoms with Crippen LogP contribution in [-0.2, 0) is 19.4 Å². The van der Waals surface area contributed by atoms with Gasteiger partial charge in [-0.25, -0.2) is 0 Å². The lowest BCUT2D eigenvalue weighted by atomic mass is 10.00. The quantitative estimate of drug-likeness (QED) is 0.556. The molecule has 28 heavy (non-hydrogen) atoms. The summed E-state index contributed by atoms with van der Waals surface area (Å²) in [6.45, 7) is 4.42. The van der Waals surface area contributed by atoms with E-state index in [2.05, 4.69) is 13.8 Å². The molecule has 0 aliphatic rings. The van der Waals surface area contributed by atoms with E-state index in [1.807, 2.05) is 42.5 Å². The van der Waals surface area contributed by atoms with Crippen LogP contribution >= 0.6 is 11.6 Å². The number of hydrogen-bond acceptors (Lipinski definition) is 2. The highest BCUT2D eigenvalue weighted by Crippen LogP contribution is 2.32. The van der Waals surface area contributed by atoms with E-state index in [9.17, 15) is 9.90 Å². The number of carbonyl (C=O) groups is 1. The summed E-state index contributed by atoms with van der Waals surface area (Å²) in [6, 6.07) is 20.3. The Hall–Kier alpha value is -2.78. The Morgan fingerprint density at radius 1 is 0.857 bits per heavy atom. The van der Waals surface area contributed by atoms with Crippen molar-refractivity contribution in [1.29, 1.82) is 0 Å². The standard InChI is InChI=1S/C24H24ClNO2/c1-3-17-11-9-12-18(4-2)23(17)26(16-19-10-5-8-15-22(19)27)24(28)20-13-6-7-14-21(20)25/h5-15,27H,3-4,16H2,1-2H3.